The normalized spacial score (nSPS) is 11.7. The van der Waals surface area contributed by atoms with E-state index in [1.807, 2.05) is 0 Å². The molecule has 1 heterocycles. The zero-order valence-corrected chi connectivity index (χ0v) is 10.2. The van der Waals surface area contributed by atoms with E-state index in [2.05, 4.69) is 5.32 Å². The lowest BCUT2D eigenvalue weighted by Gasteiger charge is -2.17. The molecule has 0 fully saturated rings. The predicted octanol–water partition coefficient (Wildman–Crippen LogP) is -1.09. The number of aliphatic carboxylic acids is 1. The molecular formula is C11H14N2O6. The second kappa shape index (κ2) is 6.55. The molecule has 0 radical (unpaired) electrons. The van der Waals surface area contributed by atoms with E-state index >= 15 is 0 Å². The Morgan fingerprint density at radius 2 is 2.16 bits per heavy atom. The van der Waals surface area contributed by atoms with E-state index in [4.69, 9.17) is 14.6 Å². The van der Waals surface area contributed by atoms with E-state index in [9.17, 15) is 14.4 Å². The number of likely N-dealkylation sites (N-methyl/N-ethyl adjacent to an activating group) is 1. The van der Waals surface area contributed by atoms with Crippen molar-refractivity contribution in [3.05, 3.63) is 24.2 Å². The van der Waals surface area contributed by atoms with Crippen LogP contribution in [0, 0.1) is 0 Å². The Hall–Kier alpha value is -2.35. The van der Waals surface area contributed by atoms with Gasteiger partial charge in [0.05, 0.1) is 19.4 Å². The highest BCUT2D eigenvalue weighted by Crippen LogP contribution is 2.03. The Labute approximate surface area is 108 Å². The molecule has 8 nitrogen and oxygen atoms in total. The molecule has 1 atom stereocenters. The van der Waals surface area contributed by atoms with Gasteiger partial charge in [-0.2, -0.15) is 0 Å². The molecular weight excluding hydrogens is 256 g/mol. The van der Waals surface area contributed by atoms with Crippen molar-refractivity contribution in [2.24, 2.45) is 0 Å². The molecule has 0 unspecified atom stereocenters. The smallest absolute Gasteiger partial charge is 0.328 e. The van der Waals surface area contributed by atoms with E-state index < -0.39 is 30.4 Å². The maximum Gasteiger partial charge on any atom is 0.328 e. The average Bonchev–Trinajstić information content (AvgIpc) is 2.88. The average molecular weight is 270 g/mol. The summed E-state index contributed by atoms with van der Waals surface area (Å²) in [6.07, 6.45) is 1.33. The molecule has 3 N–H and O–H groups in total. The first-order chi connectivity index (χ1) is 8.95. The summed E-state index contributed by atoms with van der Waals surface area (Å²) in [5.41, 5.74) is 0. The van der Waals surface area contributed by atoms with Gasteiger partial charge in [-0.1, -0.05) is 0 Å². The maximum absolute atomic E-state index is 11.7. The fourth-order valence-electron chi connectivity index (χ4n) is 1.30. The van der Waals surface area contributed by atoms with Crippen molar-refractivity contribution < 1.29 is 29.0 Å². The van der Waals surface area contributed by atoms with E-state index in [0.29, 0.717) is 0 Å². The second-order valence-corrected chi connectivity index (χ2v) is 3.78. The van der Waals surface area contributed by atoms with Crippen LogP contribution in [0.4, 0.5) is 0 Å². The second-order valence-electron chi connectivity index (χ2n) is 3.78. The summed E-state index contributed by atoms with van der Waals surface area (Å²) in [4.78, 5) is 34.9. The molecule has 19 heavy (non-hydrogen) atoms. The molecule has 8 heteroatoms. The lowest BCUT2D eigenvalue weighted by molar-refractivity contribution is -0.143. The van der Waals surface area contributed by atoms with Crippen LogP contribution in [0.5, 0.6) is 0 Å². The minimum absolute atomic E-state index is 0.0762. The van der Waals surface area contributed by atoms with Crippen molar-refractivity contribution in [3.8, 4) is 0 Å². The molecule has 0 bridgehead atoms. The predicted molar refractivity (Wildman–Crippen MR) is 62.3 cm³/mol. The first kappa shape index (κ1) is 14.7. The van der Waals surface area contributed by atoms with Crippen LogP contribution in [0.2, 0.25) is 0 Å². The summed E-state index contributed by atoms with van der Waals surface area (Å²) < 4.78 is 4.88. The molecule has 0 saturated heterocycles. The van der Waals surface area contributed by atoms with E-state index in [0.717, 1.165) is 4.90 Å². The number of carboxylic acid groups (broad SMARTS) is 1. The summed E-state index contributed by atoms with van der Waals surface area (Å²) in [7, 11) is 1.37. The Morgan fingerprint density at radius 1 is 1.47 bits per heavy atom. The number of carbonyl (C=O) groups is 3. The molecule has 1 aromatic heterocycles. The van der Waals surface area contributed by atoms with Gasteiger partial charge in [-0.15, -0.1) is 0 Å². The molecule has 0 saturated carbocycles. The largest absolute Gasteiger partial charge is 0.480 e. The molecule has 1 rings (SSSR count). The number of hydrogen-bond donors (Lipinski definition) is 3. The minimum Gasteiger partial charge on any atom is -0.480 e. The van der Waals surface area contributed by atoms with Crippen LogP contribution in [-0.4, -0.2) is 59.1 Å². The number of carbonyl (C=O) groups excluding carboxylic acids is 2. The minimum atomic E-state index is -1.39. The molecule has 0 spiro atoms. The number of furan rings is 1. The Bertz CT molecular complexity index is 456. The lowest BCUT2D eigenvalue weighted by atomic mass is 10.3. The Balaban J connectivity index is 2.52. The van der Waals surface area contributed by atoms with Gasteiger partial charge in [0.2, 0.25) is 5.91 Å². The van der Waals surface area contributed by atoms with Gasteiger partial charge in [0.1, 0.15) is 6.04 Å². The quantitative estimate of drug-likeness (QED) is 0.604. The molecule has 0 aliphatic carbocycles. The van der Waals surface area contributed by atoms with Gasteiger partial charge in [0.15, 0.2) is 5.76 Å². The standard InChI is InChI=1S/C11H14N2O6/c1-13(10(16)8-3-2-4-19-8)5-9(15)12-7(6-14)11(17)18/h2-4,7,14H,5-6H2,1H3,(H,12,15)(H,17,18)/t7-/m0/s1. The molecule has 104 valence electrons. The van der Waals surface area contributed by atoms with Gasteiger partial charge in [-0.3, -0.25) is 9.59 Å². The number of amides is 2. The zero-order chi connectivity index (χ0) is 14.4. The van der Waals surface area contributed by atoms with Gasteiger partial charge >= 0.3 is 5.97 Å². The number of hydrogen-bond acceptors (Lipinski definition) is 5. The molecule has 2 amide bonds. The first-order valence-corrected chi connectivity index (χ1v) is 5.37. The Kier molecular flexibility index (Phi) is 5.07. The highest BCUT2D eigenvalue weighted by molar-refractivity contribution is 5.94. The topological polar surface area (TPSA) is 120 Å². The maximum atomic E-state index is 11.7. The van der Waals surface area contributed by atoms with Gasteiger partial charge in [-0.05, 0) is 12.1 Å². The Morgan fingerprint density at radius 3 is 2.63 bits per heavy atom. The van der Waals surface area contributed by atoms with Crippen molar-refractivity contribution in [1.29, 1.82) is 0 Å². The number of rotatable bonds is 6. The van der Waals surface area contributed by atoms with Crippen LogP contribution in [0.1, 0.15) is 10.6 Å². The van der Waals surface area contributed by atoms with Crippen LogP contribution in [-0.2, 0) is 9.59 Å². The van der Waals surface area contributed by atoms with Crippen molar-refractivity contribution in [1.82, 2.24) is 10.2 Å². The molecule has 1 aromatic rings. The summed E-state index contributed by atoms with van der Waals surface area (Å²) in [6.45, 7) is -1.07. The van der Waals surface area contributed by atoms with Crippen LogP contribution < -0.4 is 5.32 Å². The number of aliphatic hydroxyl groups is 1. The number of nitrogens with one attached hydrogen (secondary N) is 1. The van der Waals surface area contributed by atoms with Crippen LogP contribution >= 0.6 is 0 Å². The third kappa shape index (κ3) is 4.11. The summed E-state index contributed by atoms with van der Waals surface area (Å²) in [6, 6.07) is 1.59. The number of aliphatic hydroxyl groups excluding tert-OH is 1. The van der Waals surface area contributed by atoms with E-state index in [-0.39, 0.29) is 12.3 Å². The van der Waals surface area contributed by atoms with Gasteiger partial charge in [-0.25, -0.2) is 4.79 Å². The molecule has 0 aromatic carbocycles. The SMILES string of the molecule is CN(CC(=O)N[C@@H](CO)C(=O)O)C(=O)c1ccco1. The molecule has 0 aliphatic rings. The van der Waals surface area contributed by atoms with Gasteiger partial charge in [0.25, 0.3) is 5.91 Å². The van der Waals surface area contributed by atoms with Crippen LogP contribution in [0.3, 0.4) is 0 Å². The van der Waals surface area contributed by atoms with Gasteiger partial charge in [0, 0.05) is 7.05 Å². The monoisotopic (exact) mass is 270 g/mol. The number of nitrogens with zero attached hydrogens (tertiary/aromatic N) is 1. The van der Waals surface area contributed by atoms with Crippen LogP contribution in [0.25, 0.3) is 0 Å². The fourth-order valence-corrected chi connectivity index (χ4v) is 1.30. The summed E-state index contributed by atoms with van der Waals surface area (Å²) in [5.74, 6) is -2.47. The van der Waals surface area contributed by atoms with E-state index in [1.165, 1.54) is 25.4 Å². The lowest BCUT2D eigenvalue weighted by Crippen LogP contribution is -2.47. The van der Waals surface area contributed by atoms with Crippen molar-refractivity contribution in [2.45, 2.75) is 6.04 Å². The highest BCUT2D eigenvalue weighted by Gasteiger charge is 2.21. The van der Waals surface area contributed by atoms with Crippen molar-refractivity contribution in [3.63, 3.8) is 0 Å². The van der Waals surface area contributed by atoms with Crippen molar-refractivity contribution >= 4 is 17.8 Å². The molecule has 0 aliphatic heterocycles. The van der Waals surface area contributed by atoms with Gasteiger partial charge < -0.3 is 24.8 Å². The zero-order valence-electron chi connectivity index (χ0n) is 10.2. The summed E-state index contributed by atoms with van der Waals surface area (Å²) >= 11 is 0. The number of carboxylic acids is 1. The third-order valence-corrected chi connectivity index (χ3v) is 2.28. The van der Waals surface area contributed by atoms with Crippen molar-refractivity contribution in [2.75, 3.05) is 20.2 Å². The first-order valence-electron chi connectivity index (χ1n) is 5.37. The van der Waals surface area contributed by atoms with Crippen LogP contribution in [0.15, 0.2) is 22.8 Å². The third-order valence-electron chi connectivity index (χ3n) is 2.28. The summed E-state index contributed by atoms with van der Waals surface area (Å²) in [5, 5.41) is 19.5. The highest BCUT2D eigenvalue weighted by atomic mass is 16.4. The fraction of sp³-hybridized carbons (Fsp3) is 0.364. The van der Waals surface area contributed by atoms with E-state index in [1.54, 1.807) is 0 Å².